The van der Waals surface area contributed by atoms with Crippen molar-refractivity contribution in [1.29, 1.82) is 0 Å². The molecule has 122 valence electrons. The van der Waals surface area contributed by atoms with E-state index in [0.29, 0.717) is 0 Å². The van der Waals surface area contributed by atoms with Gasteiger partial charge in [0, 0.05) is 18.5 Å². The van der Waals surface area contributed by atoms with E-state index >= 15 is 0 Å². The van der Waals surface area contributed by atoms with Crippen molar-refractivity contribution in [2.75, 3.05) is 6.54 Å². The molecule has 1 aliphatic heterocycles. The molecule has 0 spiro atoms. The second-order valence-electron chi connectivity index (χ2n) is 4.81. The zero-order chi connectivity index (χ0) is 16.3. The molecular formula is C13H13F5N2O2. The highest BCUT2D eigenvalue weighted by molar-refractivity contribution is 5.82. The van der Waals surface area contributed by atoms with E-state index < -0.39 is 55.6 Å². The molecular weight excluding hydrogens is 311 g/mol. The van der Waals surface area contributed by atoms with E-state index in [0.717, 1.165) is 12.1 Å². The zero-order valence-electron chi connectivity index (χ0n) is 11.2. The first-order valence-corrected chi connectivity index (χ1v) is 6.39. The lowest BCUT2D eigenvalue weighted by molar-refractivity contribution is -0.123. The quantitative estimate of drug-likeness (QED) is 0.815. The summed E-state index contributed by atoms with van der Waals surface area (Å²) in [6.07, 6.45) is -0.670. The lowest BCUT2D eigenvalue weighted by Crippen LogP contribution is -2.40. The molecule has 2 N–H and O–H groups in total. The van der Waals surface area contributed by atoms with Crippen LogP contribution in [0.3, 0.4) is 0 Å². The van der Waals surface area contributed by atoms with Crippen LogP contribution in [0.4, 0.5) is 22.0 Å². The molecule has 0 radical (unpaired) electrons. The van der Waals surface area contributed by atoms with E-state index in [2.05, 4.69) is 15.4 Å². The van der Waals surface area contributed by atoms with Crippen LogP contribution in [0.5, 0.6) is 5.75 Å². The van der Waals surface area contributed by atoms with Crippen LogP contribution in [-0.2, 0) is 11.3 Å². The maximum absolute atomic E-state index is 13.6. The zero-order valence-corrected chi connectivity index (χ0v) is 11.2. The van der Waals surface area contributed by atoms with Gasteiger partial charge in [0.2, 0.25) is 5.91 Å². The molecule has 0 bridgehead atoms. The van der Waals surface area contributed by atoms with E-state index in [1.54, 1.807) is 0 Å². The fraction of sp³-hybridized carbons (Fsp3) is 0.462. The molecule has 22 heavy (non-hydrogen) atoms. The highest BCUT2D eigenvalue weighted by atomic mass is 19.3. The Kier molecular flexibility index (Phi) is 4.84. The maximum atomic E-state index is 13.6. The van der Waals surface area contributed by atoms with Crippen LogP contribution in [0.25, 0.3) is 0 Å². The molecule has 4 nitrogen and oxygen atoms in total. The van der Waals surface area contributed by atoms with Gasteiger partial charge in [-0.05, 0) is 12.1 Å². The van der Waals surface area contributed by atoms with Gasteiger partial charge in [-0.15, -0.1) is 0 Å². The number of hydrogen-bond acceptors (Lipinski definition) is 3. The number of alkyl halides is 4. The first-order chi connectivity index (χ1) is 10.3. The molecule has 9 heteroatoms. The van der Waals surface area contributed by atoms with E-state index in [1.807, 2.05) is 0 Å². The summed E-state index contributed by atoms with van der Waals surface area (Å²) in [5.41, 5.74) is -0.277. The van der Waals surface area contributed by atoms with Crippen molar-refractivity contribution < 1.29 is 31.5 Å². The first kappa shape index (κ1) is 16.5. The van der Waals surface area contributed by atoms with E-state index in [-0.39, 0.29) is 5.56 Å². The summed E-state index contributed by atoms with van der Waals surface area (Å²) in [4.78, 5) is 11.7. The van der Waals surface area contributed by atoms with Crippen LogP contribution in [0, 0.1) is 5.82 Å². The second kappa shape index (κ2) is 6.47. The molecule has 2 rings (SSSR count). The van der Waals surface area contributed by atoms with Crippen molar-refractivity contribution in [3.8, 4) is 5.75 Å². The topological polar surface area (TPSA) is 50.4 Å². The summed E-state index contributed by atoms with van der Waals surface area (Å²) >= 11 is 0. The number of halogens is 5. The minimum absolute atomic E-state index is 0.277. The predicted octanol–water partition coefficient (Wildman–Crippen LogP) is 2.04. The summed E-state index contributed by atoms with van der Waals surface area (Å²) in [5, 5.41) is 4.57. The molecule has 1 heterocycles. The van der Waals surface area contributed by atoms with Crippen molar-refractivity contribution in [3.63, 3.8) is 0 Å². The van der Waals surface area contributed by atoms with Gasteiger partial charge >= 0.3 is 6.61 Å². The number of carbonyl (C=O) groups is 1. The molecule has 1 aromatic rings. The van der Waals surface area contributed by atoms with E-state index in [9.17, 15) is 26.7 Å². The molecule has 0 aliphatic carbocycles. The number of rotatable bonds is 5. The maximum Gasteiger partial charge on any atom is 0.387 e. The van der Waals surface area contributed by atoms with Crippen molar-refractivity contribution in [1.82, 2.24) is 10.6 Å². The van der Waals surface area contributed by atoms with Gasteiger partial charge < -0.3 is 10.1 Å². The minimum atomic E-state index is -3.15. The standard InChI is InChI=1S/C13H13F5N2O2/c14-8-2-1-3-10(22-12(15)16)7(8)5-19-11(21)9-4-13(17,18)6-20-9/h1-3,9,12,20H,4-6H2,(H,19,21). The molecule has 1 unspecified atom stereocenters. The Labute approximate surface area is 122 Å². The Morgan fingerprint density at radius 2 is 2.18 bits per heavy atom. The molecule has 1 aliphatic rings. The van der Waals surface area contributed by atoms with Crippen LogP contribution in [0.2, 0.25) is 0 Å². The van der Waals surface area contributed by atoms with Gasteiger partial charge in [-0.2, -0.15) is 8.78 Å². The summed E-state index contributed by atoms with van der Waals surface area (Å²) in [6.45, 7) is -4.21. The number of carbonyl (C=O) groups excluding carboxylic acids is 1. The number of amides is 1. The van der Waals surface area contributed by atoms with Crippen LogP contribution >= 0.6 is 0 Å². The number of nitrogens with one attached hydrogen (secondary N) is 2. The predicted molar refractivity (Wildman–Crippen MR) is 66.2 cm³/mol. The van der Waals surface area contributed by atoms with Gasteiger partial charge in [-0.3, -0.25) is 10.1 Å². The largest absolute Gasteiger partial charge is 0.434 e. The Bertz CT molecular complexity index is 553. The van der Waals surface area contributed by atoms with E-state index in [1.165, 1.54) is 6.07 Å². The minimum Gasteiger partial charge on any atom is -0.434 e. The molecule has 1 atom stereocenters. The Balaban J connectivity index is 2.01. The lowest BCUT2D eigenvalue weighted by Gasteiger charge is -2.14. The highest BCUT2D eigenvalue weighted by Crippen LogP contribution is 2.26. The highest BCUT2D eigenvalue weighted by Gasteiger charge is 2.42. The molecule has 1 saturated heterocycles. The third-order valence-corrected chi connectivity index (χ3v) is 3.16. The van der Waals surface area contributed by atoms with Gasteiger partial charge in [0.05, 0.1) is 12.6 Å². The van der Waals surface area contributed by atoms with Gasteiger partial charge in [-0.25, -0.2) is 13.2 Å². The van der Waals surface area contributed by atoms with Crippen molar-refractivity contribution in [2.45, 2.75) is 31.5 Å². The number of ether oxygens (including phenoxy) is 1. The smallest absolute Gasteiger partial charge is 0.387 e. The monoisotopic (exact) mass is 324 g/mol. The second-order valence-corrected chi connectivity index (χ2v) is 4.81. The normalized spacial score (nSPS) is 20.2. The van der Waals surface area contributed by atoms with Gasteiger partial charge in [0.25, 0.3) is 5.92 Å². The summed E-state index contributed by atoms with van der Waals surface area (Å²) in [7, 11) is 0. The van der Waals surface area contributed by atoms with Gasteiger partial charge in [-0.1, -0.05) is 6.07 Å². The Morgan fingerprint density at radius 3 is 2.77 bits per heavy atom. The molecule has 1 amide bonds. The first-order valence-electron chi connectivity index (χ1n) is 6.39. The van der Waals surface area contributed by atoms with Gasteiger partial charge in [0.1, 0.15) is 11.6 Å². The molecule has 0 aromatic heterocycles. The number of benzene rings is 1. The fourth-order valence-electron chi connectivity index (χ4n) is 2.12. The third kappa shape index (κ3) is 4.06. The van der Waals surface area contributed by atoms with E-state index in [4.69, 9.17) is 0 Å². The Morgan fingerprint density at radius 1 is 1.45 bits per heavy atom. The molecule has 1 fully saturated rings. The molecule has 1 aromatic carbocycles. The summed E-state index contributed by atoms with van der Waals surface area (Å²) in [6, 6.07) is 2.21. The van der Waals surface area contributed by atoms with Crippen molar-refractivity contribution >= 4 is 5.91 Å². The van der Waals surface area contributed by atoms with Crippen LogP contribution in [-0.4, -0.2) is 31.0 Å². The summed E-state index contributed by atoms with van der Waals surface area (Å²) < 4.78 is 68.2. The van der Waals surface area contributed by atoms with Crippen molar-refractivity contribution in [2.24, 2.45) is 0 Å². The van der Waals surface area contributed by atoms with Gasteiger partial charge in [0.15, 0.2) is 0 Å². The number of hydrogen-bond donors (Lipinski definition) is 2. The average Bonchev–Trinajstić information content (AvgIpc) is 2.77. The van der Waals surface area contributed by atoms with Crippen molar-refractivity contribution in [3.05, 3.63) is 29.6 Å². The van der Waals surface area contributed by atoms with Crippen LogP contribution in [0.1, 0.15) is 12.0 Å². The lowest BCUT2D eigenvalue weighted by atomic mass is 10.1. The Hall–Kier alpha value is -1.90. The third-order valence-electron chi connectivity index (χ3n) is 3.16. The summed E-state index contributed by atoms with van der Waals surface area (Å²) in [5.74, 6) is -5.00. The molecule has 0 saturated carbocycles. The fourth-order valence-corrected chi connectivity index (χ4v) is 2.12. The SMILES string of the molecule is O=C(NCc1c(F)cccc1OC(F)F)C1CC(F)(F)CN1. The average molecular weight is 324 g/mol. The van der Waals surface area contributed by atoms with Crippen LogP contribution in [0.15, 0.2) is 18.2 Å². The van der Waals surface area contributed by atoms with Crippen LogP contribution < -0.4 is 15.4 Å².